The van der Waals surface area contributed by atoms with Gasteiger partial charge in [-0.05, 0) is 6.08 Å². The number of rotatable bonds is 6. The molecule has 1 fully saturated rings. The number of fused-ring (bicyclic) bond motifs is 1. The molecule has 0 aromatic rings. The second-order valence-electron chi connectivity index (χ2n) is 6.02. The molecule has 0 spiro atoms. The van der Waals surface area contributed by atoms with Gasteiger partial charge in [-0.2, -0.15) is 0 Å². The molecule has 3 unspecified atom stereocenters. The third-order valence-electron chi connectivity index (χ3n) is 4.32. The monoisotopic (exact) mass is 426 g/mol. The minimum atomic E-state index is -1.09. The highest BCUT2D eigenvalue weighted by molar-refractivity contribution is 8.14. The number of β-lactam (4-membered cyclic amide) rings is 1. The van der Waals surface area contributed by atoms with Crippen LogP contribution >= 0.6 is 23.5 Å². The summed E-state index contributed by atoms with van der Waals surface area (Å²) in [6, 6.07) is -1.39. The van der Waals surface area contributed by atoms with Crippen LogP contribution in [-0.2, 0) is 23.9 Å². The van der Waals surface area contributed by atoms with E-state index in [1.165, 1.54) is 41.6 Å². The van der Waals surface area contributed by atoms with Crippen molar-refractivity contribution in [2.75, 3.05) is 18.6 Å². The fourth-order valence-electron chi connectivity index (χ4n) is 2.99. The van der Waals surface area contributed by atoms with Crippen LogP contribution < -0.4 is 11.1 Å². The number of hydrogen-bond acceptors (Lipinski definition) is 9. The molecule has 150 valence electrons. The van der Waals surface area contributed by atoms with Gasteiger partial charge < -0.3 is 20.9 Å². The van der Waals surface area contributed by atoms with Crippen molar-refractivity contribution in [1.29, 1.82) is 0 Å². The minimum Gasteiger partial charge on any atom is -0.481 e. The molecule has 0 aliphatic carbocycles. The Hall–Kier alpha value is -2.47. The number of aliphatic imine (C=N–C) groups is 1. The summed E-state index contributed by atoms with van der Waals surface area (Å²) in [4.78, 5) is 53.4. The quantitative estimate of drug-likeness (QED) is 0.284. The first-order chi connectivity index (χ1) is 13.3. The van der Waals surface area contributed by atoms with E-state index < -0.39 is 41.2 Å². The minimum absolute atomic E-state index is 0.158. The van der Waals surface area contributed by atoms with Crippen molar-refractivity contribution in [3.63, 3.8) is 0 Å². The Morgan fingerprint density at radius 1 is 1.50 bits per heavy atom. The molecule has 0 radical (unpaired) electrons. The molecule has 0 aromatic heterocycles. The Morgan fingerprint density at radius 2 is 2.25 bits per heavy atom. The van der Waals surface area contributed by atoms with Crippen molar-refractivity contribution in [2.24, 2.45) is 10.7 Å². The lowest BCUT2D eigenvalue weighted by Crippen LogP contribution is -2.70. The molecule has 0 aromatic carbocycles. The molecule has 2 amide bonds. The van der Waals surface area contributed by atoms with Crippen LogP contribution in [0.3, 0.4) is 0 Å². The third-order valence-corrected chi connectivity index (χ3v) is 6.38. The van der Waals surface area contributed by atoms with E-state index in [-0.39, 0.29) is 17.7 Å². The van der Waals surface area contributed by atoms with Gasteiger partial charge in [-0.15, -0.1) is 11.8 Å². The molecule has 3 heterocycles. The summed E-state index contributed by atoms with van der Waals surface area (Å²) in [6.45, 7) is 0. The van der Waals surface area contributed by atoms with E-state index in [0.717, 1.165) is 0 Å². The van der Waals surface area contributed by atoms with Crippen molar-refractivity contribution < 1.29 is 29.0 Å². The molecule has 28 heavy (non-hydrogen) atoms. The predicted octanol–water partition coefficient (Wildman–Crippen LogP) is -0.726. The van der Waals surface area contributed by atoms with E-state index >= 15 is 0 Å². The highest BCUT2D eigenvalue weighted by Crippen LogP contribution is 2.38. The second-order valence-corrected chi connectivity index (χ2v) is 8.21. The van der Waals surface area contributed by atoms with Crippen molar-refractivity contribution in [3.8, 4) is 0 Å². The summed E-state index contributed by atoms with van der Waals surface area (Å²) in [6.07, 6.45) is 2.55. The SMILES string of the molecule is COC(=O)C1=CCSC2C(NC(=O)/C(=C\CC(=O)O)C3CSC(N)=N3)C(=O)N12. The molecule has 3 atom stereocenters. The first-order valence-corrected chi connectivity index (χ1v) is 10.3. The normalized spacial score (nSPS) is 26.6. The Morgan fingerprint density at radius 3 is 2.86 bits per heavy atom. The number of methoxy groups -OCH3 is 1. The van der Waals surface area contributed by atoms with Gasteiger partial charge in [0.25, 0.3) is 5.91 Å². The highest BCUT2D eigenvalue weighted by atomic mass is 32.2. The van der Waals surface area contributed by atoms with Crippen molar-refractivity contribution in [1.82, 2.24) is 10.2 Å². The maximum Gasteiger partial charge on any atom is 0.354 e. The van der Waals surface area contributed by atoms with Crippen molar-refractivity contribution in [3.05, 3.63) is 23.4 Å². The summed E-state index contributed by atoms with van der Waals surface area (Å²) in [5, 5.41) is 11.5. The van der Waals surface area contributed by atoms with Crippen molar-refractivity contribution in [2.45, 2.75) is 23.9 Å². The maximum atomic E-state index is 12.8. The fraction of sp³-hybridized carbons (Fsp3) is 0.438. The van der Waals surface area contributed by atoms with E-state index in [2.05, 4.69) is 15.0 Å². The van der Waals surface area contributed by atoms with Gasteiger partial charge in [-0.3, -0.25) is 24.3 Å². The van der Waals surface area contributed by atoms with Gasteiger partial charge in [0.1, 0.15) is 17.1 Å². The van der Waals surface area contributed by atoms with E-state index in [1.54, 1.807) is 6.08 Å². The molecule has 0 bridgehead atoms. The number of carbonyl (C=O) groups excluding carboxylic acids is 3. The zero-order chi connectivity index (χ0) is 20.4. The van der Waals surface area contributed by atoms with Crippen LogP contribution in [0.5, 0.6) is 0 Å². The van der Waals surface area contributed by atoms with Crippen LogP contribution in [0.2, 0.25) is 0 Å². The Labute approximate surface area is 168 Å². The summed E-state index contributed by atoms with van der Waals surface area (Å²) in [5.74, 6) is -1.79. The van der Waals surface area contributed by atoms with Gasteiger partial charge in [0.15, 0.2) is 5.17 Å². The van der Waals surface area contributed by atoms with E-state index in [1.807, 2.05) is 0 Å². The van der Waals surface area contributed by atoms with Gasteiger partial charge in [0, 0.05) is 17.1 Å². The van der Waals surface area contributed by atoms with Crippen LogP contribution in [0.4, 0.5) is 0 Å². The number of nitrogens with one attached hydrogen (secondary N) is 1. The fourth-order valence-corrected chi connectivity index (χ4v) is 4.97. The molecule has 12 heteroatoms. The summed E-state index contributed by atoms with van der Waals surface area (Å²) < 4.78 is 4.69. The molecule has 0 saturated carbocycles. The molecule has 3 aliphatic heterocycles. The van der Waals surface area contributed by atoms with Gasteiger partial charge in [-0.1, -0.05) is 17.8 Å². The molecule has 4 N–H and O–H groups in total. The molecule has 1 saturated heterocycles. The topological polar surface area (TPSA) is 151 Å². The third kappa shape index (κ3) is 3.87. The number of carboxylic acids is 1. The summed E-state index contributed by atoms with van der Waals surface area (Å²) in [7, 11) is 1.23. The summed E-state index contributed by atoms with van der Waals surface area (Å²) in [5.41, 5.74) is 5.97. The van der Waals surface area contributed by atoms with Crippen molar-refractivity contribution >= 4 is 52.4 Å². The number of carbonyl (C=O) groups is 4. The van der Waals surface area contributed by atoms with Gasteiger partial charge in [0.2, 0.25) is 5.91 Å². The van der Waals surface area contributed by atoms with Crippen LogP contribution in [0.25, 0.3) is 0 Å². The standard InChI is InChI=1S/C16H18N4O6S2/c1-26-15(25)9-4-5-27-14-11(13(24)20(9)14)19-12(23)7(2-3-10(21)22)8-6-28-16(17)18-8/h2,4,8,11,14H,3,5-6H2,1H3,(H2,17,18)(H,19,23)(H,21,22)/b7-2-. The van der Waals surface area contributed by atoms with Crippen LogP contribution in [0.1, 0.15) is 6.42 Å². The van der Waals surface area contributed by atoms with Crippen LogP contribution in [0, 0.1) is 0 Å². The first kappa shape index (κ1) is 20.3. The smallest absolute Gasteiger partial charge is 0.354 e. The number of nitrogens with zero attached hydrogens (tertiary/aromatic N) is 2. The summed E-state index contributed by atoms with van der Waals surface area (Å²) >= 11 is 2.67. The molecule has 3 aliphatic rings. The number of ether oxygens (including phenoxy) is 1. The zero-order valence-corrected chi connectivity index (χ0v) is 16.4. The lowest BCUT2D eigenvalue weighted by molar-refractivity contribution is -0.151. The van der Waals surface area contributed by atoms with Gasteiger partial charge in [-0.25, -0.2) is 4.79 Å². The lowest BCUT2D eigenvalue weighted by atomic mass is 10.0. The molecule has 3 rings (SSSR count). The number of hydrogen-bond donors (Lipinski definition) is 3. The zero-order valence-electron chi connectivity index (χ0n) is 14.8. The first-order valence-electron chi connectivity index (χ1n) is 8.25. The number of esters is 1. The Kier molecular flexibility index (Phi) is 5.98. The van der Waals surface area contributed by atoms with E-state index in [9.17, 15) is 19.2 Å². The molecular weight excluding hydrogens is 408 g/mol. The maximum absolute atomic E-state index is 12.8. The van der Waals surface area contributed by atoms with Gasteiger partial charge in [0.05, 0.1) is 19.6 Å². The van der Waals surface area contributed by atoms with Crippen LogP contribution in [-0.4, -0.2) is 75.0 Å². The Balaban J connectivity index is 1.73. The number of thioether (sulfide) groups is 2. The predicted molar refractivity (Wildman–Crippen MR) is 103 cm³/mol. The Bertz CT molecular complexity index is 824. The second kappa shape index (κ2) is 8.27. The lowest BCUT2D eigenvalue weighted by Gasteiger charge is -2.48. The average Bonchev–Trinajstić information content (AvgIpc) is 3.10. The van der Waals surface area contributed by atoms with Gasteiger partial charge >= 0.3 is 11.9 Å². The number of aliphatic carboxylic acids is 1. The van der Waals surface area contributed by atoms with Crippen LogP contribution in [0.15, 0.2) is 28.4 Å². The number of carboxylic acid groups (broad SMARTS) is 1. The number of nitrogens with two attached hydrogens (primary N) is 1. The largest absolute Gasteiger partial charge is 0.481 e. The number of amidine groups is 1. The number of amides is 2. The highest BCUT2D eigenvalue weighted by Gasteiger charge is 2.53. The average molecular weight is 426 g/mol. The molecule has 10 nitrogen and oxygen atoms in total. The van der Waals surface area contributed by atoms with E-state index in [0.29, 0.717) is 16.7 Å². The molecular formula is C16H18N4O6S2. The van der Waals surface area contributed by atoms with E-state index in [4.69, 9.17) is 10.8 Å².